The first kappa shape index (κ1) is 17.3. The van der Waals surface area contributed by atoms with Gasteiger partial charge in [-0.15, -0.1) is 0 Å². The van der Waals surface area contributed by atoms with Gasteiger partial charge in [0.1, 0.15) is 0 Å². The van der Waals surface area contributed by atoms with Crippen LogP contribution >= 0.6 is 0 Å². The van der Waals surface area contributed by atoms with Gasteiger partial charge in [0.2, 0.25) is 0 Å². The molecule has 0 radical (unpaired) electrons. The van der Waals surface area contributed by atoms with E-state index >= 15 is 0 Å². The Kier molecular flexibility index (Phi) is 5.25. The summed E-state index contributed by atoms with van der Waals surface area (Å²) in [6.07, 6.45) is -2.43. The summed E-state index contributed by atoms with van der Waals surface area (Å²) in [5.74, 6) is -0.508. The van der Waals surface area contributed by atoms with E-state index in [4.69, 9.17) is 5.73 Å². The maximum absolute atomic E-state index is 12.8. The summed E-state index contributed by atoms with van der Waals surface area (Å²) in [6, 6.07) is 3.23. The standard InChI is InChI=1S/C15H21F3N2O/c1-4-14(5-2,6-3)20-13(21)10-7-8-12(19)11(9-10)15(16,17)18/h7-9H,4-6,19H2,1-3H3,(H,20,21). The van der Waals surface area contributed by atoms with Crippen molar-refractivity contribution in [2.24, 2.45) is 0 Å². The number of alkyl halides is 3. The van der Waals surface area contributed by atoms with Gasteiger partial charge in [-0.3, -0.25) is 4.79 Å². The third-order valence-electron chi connectivity index (χ3n) is 4.03. The highest BCUT2D eigenvalue weighted by Crippen LogP contribution is 2.34. The quantitative estimate of drug-likeness (QED) is 0.808. The van der Waals surface area contributed by atoms with E-state index in [9.17, 15) is 18.0 Å². The average molecular weight is 302 g/mol. The molecule has 0 spiro atoms. The molecule has 0 aliphatic rings. The van der Waals surface area contributed by atoms with Crippen LogP contribution in [0, 0.1) is 0 Å². The molecule has 0 aliphatic heterocycles. The largest absolute Gasteiger partial charge is 0.418 e. The predicted octanol–water partition coefficient (Wildman–Crippen LogP) is 3.99. The van der Waals surface area contributed by atoms with Crippen molar-refractivity contribution in [1.29, 1.82) is 0 Å². The Morgan fingerprint density at radius 1 is 1.14 bits per heavy atom. The second-order valence-electron chi connectivity index (χ2n) is 5.09. The molecular weight excluding hydrogens is 281 g/mol. The van der Waals surface area contributed by atoms with E-state index in [1.165, 1.54) is 6.07 Å². The summed E-state index contributed by atoms with van der Waals surface area (Å²) in [5, 5.41) is 2.85. The lowest BCUT2D eigenvalue weighted by atomic mass is 9.89. The van der Waals surface area contributed by atoms with E-state index in [0.29, 0.717) is 19.3 Å². The van der Waals surface area contributed by atoms with Gasteiger partial charge in [0.15, 0.2) is 0 Å². The summed E-state index contributed by atoms with van der Waals surface area (Å²) in [6.45, 7) is 5.83. The minimum absolute atomic E-state index is 0.0312. The molecule has 0 saturated heterocycles. The van der Waals surface area contributed by atoms with Gasteiger partial charge in [-0.05, 0) is 37.5 Å². The minimum Gasteiger partial charge on any atom is -0.398 e. The van der Waals surface area contributed by atoms with Crippen molar-refractivity contribution in [2.75, 3.05) is 5.73 Å². The zero-order valence-corrected chi connectivity index (χ0v) is 12.5. The van der Waals surface area contributed by atoms with Crippen molar-refractivity contribution in [3.8, 4) is 0 Å². The Hall–Kier alpha value is -1.72. The summed E-state index contributed by atoms with van der Waals surface area (Å²) < 4.78 is 38.5. The smallest absolute Gasteiger partial charge is 0.398 e. The monoisotopic (exact) mass is 302 g/mol. The Balaban J connectivity index is 3.09. The first-order chi connectivity index (χ1) is 9.69. The predicted molar refractivity (Wildman–Crippen MR) is 76.9 cm³/mol. The zero-order chi connectivity index (χ0) is 16.3. The normalized spacial score (nSPS) is 12.3. The van der Waals surface area contributed by atoms with Crippen molar-refractivity contribution in [2.45, 2.75) is 51.7 Å². The Bertz CT molecular complexity index is 500. The number of amides is 1. The van der Waals surface area contributed by atoms with E-state index in [2.05, 4.69) is 5.32 Å². The molecule has 0 bridgehead atoms. The first-order valence-electron chi connectivity index (χ1n) is 6.98. The zero-order valence-electron chi connectivity index (χ0n) is 12.5. The number of nitrogen functional groups attached to an aromatic ring is 1. The van der Waals surface area contributed by atoms with E-state index < -0.39 is 23.2 Å². The molecule has 0 heterocycles. The van der Waals surface area contributed by atoms with E-state index in [1.54, 1.807) is 0 Å². The number of hydrogen-bond donors (Lipinski definition) is 2. The molecule has 21 heavy (non-hydrogen) atoms. The van der Waals surface area contributed by atoms with Crippen LogP contribution in [0.5, 0.6) is 0 Å². The number of carbonyl (C=O) groups excluding carboxylic acids is 1. The van der Waals surface area contributed by atoms with Gasteiger partial charge in [0, 0.05) is 16.8 Å². The number of rotatable bonds is 5. The van der Waals surface area contributed by atoms with E-state index in [1.807, 2.05) is 20.8 Å². The van der Waals surface area contributed by atoms with Crippen molar-refractivity contribution >= 4 is 11.6 Å². The fourth-order valence-corrected chi connectivity index (χ4v) is 2.27. The van der Waals surface area contributed by atoms with Crippen LogP contribution in [0.15, 0.2) is 18.2 Å². The average Bonchev–Trinajstić information content (AvgIpc) is 2.44. The molecule has 1 aromatic rings. The maximum Gasteiger partial charge on any atom is 0.418 e. The Morgan fingerprint density at radius 3 is 2.10 bits per heavy atom. The highest BCUT2D eigenvalue weighted by Gasteiger charge is 2.34. The fourth-order valence-electron chi connectivity index (χ4n) is 2.27. The molecule has 6 heteroatoms. The lowest BCUT2D eigenvalue weighted by molar-refractivity contribution is -0.136. The third-order valence-corrected chi connectivity index (χ3v) is 4.03. The molecule has 0 aliphatic carbocycles. The van der Waals surface area contributed by atoms with Gasteiger partial charge in [-0.1, -0.05) is 20.8 Å². The molecule has 1 aromatic carbocycles. The van der Waals surface area contributed by atoms with Gasteiger partial charge < -0.3 is 11.1 Å². The summed E-state index contributed by atoms with van der Waals surface area (Å²) in [7, 11) is 0. The number of carbonyl (C=O) groups is 1. The highest BCUT2D eigenvalue weighted by molar-refractivity contribution is 5.95. The fraction of sp³-hybridized carbons (Fsp3) is 0.533. The van der Waals surface area contributed by atoms with Crippen molar-refractivity contribution in [3.05, 3.63) is 29.3 Å². The Morgan fingerprint density at radius 2 is 1.67 bits per heavy atom. The number of anilines is 1. The third kappa shape index (κ3) is 3.89. The molecule has 1 amide bonds. The van der Waals surface area contributed by atoms with Crippen LogP contribution in [-0.2, 0) is 6.18 Å². The van der Waals surface area contributed by atoms with Gasteiger partial charge in [-0.2, -0.15) is 13.2 Å². The van der Waals surface area contributed by atoms with E-state index in [-0.39, 0.29) is 11.3 Å². The molecular formula is C15H21F3N2O. The highest BCUT2D eigenvalue weighted by atomic mass is 19.4. The lowest BCUT2D eigenvalue weighted by Gasteiger charge is -2.32. The SMILES string of the molecule is CCC(CC)(CC)NC(=O)c1ccc(N)c(C(F)(F)F)c1. The Labute approximate surface area is 122 Å². The van der Waals surface area contributed by atoms with Crippen molar-refractivity contribution < 1.29 is 18.0 Å². The van der Waals surface area contributed by atoms with Gasteiger partial charge in [0.25, 0.3) is 5.91 Å². The van der Waals surface area contributed by atoms with Crippen LogP contribution in [0.4, 0.5) is 18.9 Å². The van der Waals surface area contributed by atoms with Crippen molar-refractivity contribution in [1.82, 2.24) is 5.32 Å². The van der Waals surface area contributed by atoms with Gasteiger partial charge in [-0.25, -0.2) is 0 Å². The molecule has 0 fully saturated rings. The second-order valence-corrected chi connectivity index (χ2v) is 5.09. The van der Waals surface area contributed by atoms with Crippen molar-refractivity contribution in [3.63, 3.8) is 0 Å². The summed E-state index contributed by atoms with van der Waals surface area (Å²) in [5.41, 5.74) is 3.54. The van der Waals surface area contributed by atoms with Crippen LogP contribution in [0.25, 0.3) is 0 Å². The topological polar surface area (TPSA) is 55.1 Å². The number of halogens is 3. The molecule has 118 valence electrons. The maximum atomic E-state index is 12.8. The lowest BCUT2D eigenvalue weighted by Crippen LogP contribution is -2.47. The molecule has 3 N–H and O–H groups in total. The number of nitrogens with one attached hydrogen (secondary N) is 1. The summed E-state index contributed by atoms with van der Waals surface area (Å²) in [4.78, 5) is 12.2. The molecule has 1 rings (SSSR count). The molecule has 0 unspecified atom stereocenters. The number of benzene rings is 1. The number of nitrogens with two attached hydrogens (primary N) is 1. The van der Waals surface area contributed by atoms with Gasteiger partial charge >= 0.3 is 6.18 Å². The van der Waals surface area contributed by atoms with Crippen LogP contribution in [-0.4, -0.2) is 11.4 Å². The van der Waals surface area contributed by atoms with Crippen LogP contribution in [0.1, 0.15) is 56.0 Å². The van der Waals surface area contributed by atoms with Crippen LogP contribution < -0.4 is 11.1 Å². The molecule has 0 saturated carbocycles. The number of hydrogen-bond acceptors (Lipinski definition) is 2. The van der Waals surface area contributed by atoms with Crippen LogP contribution in [0.2, 0.25) is 0 Å². The minimum atomic E-state index is -4.57. The second kappa shape index (κ2) is 6.37. The summed E-state index contributed by atoms with van der Waals surface area (Å²) >= 11 is 0. The van der Waals surface area contributed by atoms with Crippen LogP contribution in [0.3, 0.4) is 0 Å². The molecule has 0 atom stereocenters. The molecule has 0 aromatic heterocycles. The molecule has 3 nitrogen and oxygen atoms in total. The van der Waals surface area contributed by atoms with Gasteiger partial charge in [0.05, 0.1) is 5.56 Å². The van der Waals surface area contributed by atoms with E-state index in [0.717, 1.165) is 12.1 Å². The first-order valence-corrected chi connectivity index (χ1v) is 6.98.